The standard InChI is InChI=1S/C66H9NO3/c1-3(64(69)70-2)67-63(68)62-65-58-50-42-32-22-14-6-4-5-8-12-10(6)18-26-20(12)30-24-16(8)17-9(5)13-11-7(4)15(14)23-29-19(11)27-21(13)31-25(17)35-34(24)44-38(30)48-40(26)46(36(42)28(18)22)54(58)56(48)60-52(44)53-45(35)39(31)49-41(27)47-37(29)43(33(23)32)51(50)59(65)55(47)57(49)61(53)66(60,62)65/h3,62H,1-2H3,(H,67,68)/t3-,62?,65?,66?/m0/s1. The minimum atomic E-state index is -0.757. The van der Waals surface area contributed by atoms with Gasteiger partial charge in [-0.25, -0.2) is 4.79 Å². The summed E-state index contributed by atoms with van der Waals surface area (Å²) >= 11 is 0. The van der Waals surface area contributed by atoms with Crippen LogP contribution in [0.1, 0.15) is 29.2 Å². The van der Waals surface area contributed by atoms with Crippen molar-refractivity contribution in [3.8, 4) is 0 Å². The number of nitrogens with one attached hydrogen (secondary N) is 1. The topological polar surface area (TPSA) is 55.4 Å². The summed E-state index contributed by atoms with van der Waals surface area (Å²) in [6.07, 6.45) is 0. The fourth-order valence-electron chi connectivity index (χ4n) is 25.3. The van der Waals surface area contributed by atoms with Crippen LogP contribution in [0.5, 0.6) is 0 Å². The minimum absolute atomic E-state index is 0.0212. The Bertz CT molecular complexity index is 6700. The molecule has 0 aromatic heterocycles. The van der Waals surface area contributed by atoms with Crippen LogP contribution in [-0.2, 0) is 25.2 Å². The first kappa shape index (κ1) is 26.2. The number of rotatable bonds is 3. The Morgan fingerprint density at radius 3 is 0.586 bits per heavy atom. The van der Waals surface area contributed by atoms with Gasteiger partial charge in [0.25, 0.3) is 0 Å². The lowest BCUT2D eigenvalue weighted by atomic mass is 9.68. The van der Waals surface area contributed by atoms with Gasteiger partial charge in [-0.15, -0.1) is 0 Å². The first-order valence-corrected chi connectivity index (χ1v) is 25.8. The van der Waals surface area contributed by atoms with Crippen LogP contribution in [0.4, 0.5) is 0 Å². The third-order valence-electron chi connectivity index (χ3n) is 25.4. The van der Waals surface area contributed by atoms with Crippen molar-refractivity contribution >= 4 is 303 Å². The lowest BCUT2D eigenvalue weighted by molar-refractivity contribution is -0.144. The second-order valence-electron chi connectivity index (χ2n) is 25.6. The van der Waals surface area contributed by atoms with Crippen molar-refractivity contribution in [2.45, 2.75) is 23.8 Å². The Kier molecular flexibility index (Phi) is 2.18. The van der Waals surface area contributed by atoms with Crippen LogP contribution in [0, 0.1) is 5.92 Å². The highest BCUT2D eigenvalue weighted by molar-refractivity contribution is 6.82. The molecule has 0 radical (unpaired) electrons. The lowest BCUT2D eigenvalue weighted by Gasteiger charge is -2.32. The summed E-state index contributed by atoms with van der Waals surface area (Å²) in [5.41, 5.74) is 4.78. The molecule has 0 saturated heterocycles. The summed E-state index contributed by atoms with van der Waals surface area (Å²) in [6, 6.07) is -0.757. The van der Waals surface area contributed by atoms with Crippen LogP contribution in [0.15, 0.2) is 0 Å². The summed E-state index contributed by atoms with van der Waals surface area (Å²) in [4.78, 5) is 29.9. The van der Waals surface area contributed by atoms with E-state index in [1.807, 2.05) is 6.92 Å². The quantitative estimate of drug-likeness (QED) is 0.142. The zero-order valence-corrected chi connectivity index (χ0v) is 35.9. The molecule has 70 heavy (non-hydrogen) atoms. The van der Waals surface area contributed by atoms with E-state index in [0.29, 0.717) is 0 Å². The average Bonchev–Trinajstić information content (AvgIpc) is 4.41. The van der Waals surface area contributed by atoms with Gasteiger partial charge in [0, 0.05) is 0 Å². The summed E-state index contributed by atoms with van der Waals surface area (Å²) in [5.74, 6) is -0.766. The first-order chi connectivity index (χ1) is 34.6. The predicted molar refractivity (Wildman–Crippen MR) is 287 cm³/mol. The molecule has 5 aliphatic rings. The number of esters is 1. The number of carbonyl (C=O) groups excluding carboxylic acids is 2. The molecule has 2 spiro atoms. The van der Waals surface area contributed by atoms with Gasteiger partial charge >= 0.3 is 5.97 Å². The van der Waals surface area contributed by atoms with Gasteiger partial charge in [0.15, 0.2) is 0 Å². The molecule has 1 amide bonds. The summed E-state index contributed by atoms with van der Waals surface area (Å²) in [6.45, 7) is 1.83. The summed E-state index contributed by atoms with van der Waals surface area (Å²) < 4.78 is 5.37. The number of carbonyl (C=O) groups is 2. The highest BCUT2D eigenvalue weighted by Gasteiger charge is 2.88. The Morgan fingerprint density at radius 1 is 0.300 bits per heavy atom. The number of amides is 1. The smallest absolute Gasteiger partial charge is 0.328 e. The van der Waals surface area contributed by atoms with Crippen molar-refractivity contribution in [3.63, 3.8) is 0 Å². The van der Waals surface area contributed by atoms with Crippen LogP contribution in [-0.4, -0.2) is 25.0 Å². The molecule has 296 valence electrons. The molecule has 5 aliphatic carbocycles. The van der Waals surface area contributed by atoms with Gasteiger partial charge in [0.05, 0.1) is 23.9 Å². The molecule has 0 heterocycles. The maximum atomic E-state index is 16.4. The van der Waals surface area contributed by atoms with Gasteiger partial charge in [0.2, 0.25) is 5.91 Å². The fraction of sp³-hybridized carbons (Fsp3) is 0.0909. The number of hydrogen-bond donors (Lipinski definition) is 1. The van der Waals surface area contributed by atoms with Crippen molar-refractivity contribution in [1.29, 1.82) is 0 Å². The van der Waals surface area contributed by atoms with Crippen LogP contribution < -0.4 is 5.32 Å². The number of benzene rings is 18. The van der Waals surface area contributed by atoms with Crippen molar-refractivity contribution in [2.75, 3.05) is 7.11 Å². The maximum Gasteiger partial charge on any atom is 0.328 e. The largest absolute Gasteiger partial charge is 0.467 e. The molecule has 4 heteroatoms. The van der Waals surface area contributed by atoms with E-state index in [2.05, 4.69) is 5.32 Å². The van der Waals surface area contributed by atoms with Crippen molar-refractivity contribution in [1.82, 2.24) is 5.32 Å². The Morgan fingerprint density at radius 2 is 0.443 bits per heavy atom. The second-order valence-corrected chi connectivity index (χ2v) is 25.6. The molecule has 1 N–H and O–H groups in total. The normalized spacial score (nSPS) is 23.6. The molecular weight excluding hydrogens is 855 g/mol. The van der Waals surface area contributed by atoms with E-state index in [1.165, 1.54) is 116 Å². The average molecular weight is 864 g/mol. The monoisotopic (exact) mass is 863 g/mol. The third kappa shape index (κ3) is 1.34. The van der Waals surface area contributed by atoms with E-state index in [-0.39, 0.29) is 11.9 Å². The van der Waals surface area contributed by atoms with Gasteiger partial charge in [-0.05, 0) is 320 Å². The first-order valence-electron chi connectivity index (χ1n) is 25.8. The van der Waals surface area contributed by atoms with E-state index in [9.17, 15) is 4.79 Å². The maximum absolute atomic E-state index is 16.4. The molecular formula is C66H9NO3. The minimum Gasteiger partial charge on any atom is -0.467 e. The van der Waals surface area contributed by atoms with Crippen molar-refractivity contribution in [2.24, 2.45) is 5.92 Å². The predicted octanol–water partition coefficient (Wildman–Crippen LogP) is 15.6. The van der Waals surface area contributed by atoms with Crippen LogP contribution in [0.2, 0.25) is 0 Å². The SMILES string of the molecule is COC(=O)[C@H](C)NC(=O)C1C23c4c5c6c7c8c9c(c%10c%11c2c2c4c4c%12c5c5c6c6c8c8c%13c9c9c%10c%10c%11c%11c2c2c4c4c%12c%12c5c5c6c8c6c8c%13c9c9c%10c%10c%11c2c2c4c4c%12c5c6c5c8c9c%10c2c45)C713. The van der Waals surface area contributed by atoms with Gasteiger partial charge in [-0.1, -0.05) is 0 Å². The van der Waals surface area contributed by atoms with E-state index < -0.39 is 22.8 Å². The molecule has 1 saturated carbocycles. The molecule has 1 fully saturated rings. The molecule has 4 nitrogen and oxygen atoms in total. The van der Waals surface area contributed by atoms with E-state index in [4.69, 9.17) is 4.74 Å². The van der Waals surface area contributed by atoms with E-state index in [1.54, 1.807) is 205 Å². The zero-order valence-electron chi connectivity index (χ0n) is 35.9. The third-order valence-corrected chi connectivity index (χ3v) is 25.4. The highest BCUT2D eigenvalue weighted by Crippen LogP contribution is 2.92. The number of hydrogen-bond acceptors (Lipinski definition) is 3. The number of methoxy groups -OCH3 is 1. The van der Waals surface area contributed by atoms with Crippen molar-refractivity contribution < 1.29 is 14.3 Å². The van der Waals surface area contributed by atoms with Gasteiger partial charge in [-0.3, -0.25) is 4.79 Å². The Hall–Kier alpha value is -8.60. The van der Waals surface area contributed by atoms with Gasteiger partial charge in [0.1, 0.15) is 6.04 Å². The van der Waals surface area contributed by atoms with Crippen molar-refractivity contribution in [3.05, 3.63) is 22.3 Å². The Balaban J connectivity index is 1.14. The fourth-order valence-corrected chi connectivity index (χ4v) is 25.3. The lowest BCUT2D eigenvalue weighted by Crippen LogP contribution is -2.41. The van der Waals surface area contributed by atoms with E-state index >= 15 is 4.79 Å². The van der Waals surface area contributed by atoms with Crippen LogP contribution >= 0.6 is 0 Å². The van der Waals surface area contributed by atoms with E-state index in [0.717, 1.165) is 0 Å². The molecule has 0 aliphatic heterocycles. The second kappa shape index (κ2) is 5.82. The van der Waals surface area contributed by atoms with Crippen LogP contribution in [0.3, 0.4) is 0 Å². The van der Waals surface area contributed by atoms with Crippen LogP contribution in [0.25, 0.3) is 291 Å². The molecule has 28 aromatic rings. The van der Waals surface area contributed by atoms with Gasteiger partial charge < -0.3 is 10.1 Å². The highest BCUT2D eigenvalue weighted by atomic mass is 16.5. The Labute approximate surface area is 379 Å². The molecule has 33 rings (SSSR count). The van der Waals surface area contributed by atoms with Gasteiger partial charge in [-0.2, -0.15) is 0 Å². The summed E-state index contributed by atoms with van der Waals surface area (Å²) in [5, 5.41) is 87.4. The number of ether oxygens (including phenoxy) is 1. The summed E-state index contributed by atoms with van der Waals surface area (Å²) in [7, 11) is 1.45. The zero-order chi connectivity index (χ0) is 42.2. The molecule has 0 unspecified atom stereocenters. The molecule has 1 atom stereocenters. The molecule has 28 aromatic carbocycles. The molecule has 0 bridgehead atoms.